The van der Waals surface area contributed by atoms with E-state index in [0.29, 0.717) is 5.71 Å². The van der Waals surface area contributed by atoms with E-state index in [9.17, 15) is 0 Å². The first-order valence-electron chi connectivity index (χ1n) is 7.30. The fourth-order valence-electron chi connectivity index (χ4n) is 1.94. The van der Waals surface area contributed by atoms with E-state index in [2.05, 4.69) is 5.16 Å². The van der Waals surface area contributed by atoms with Gasteiger partial charge in [-0.25, -0.2) is 0 Å². The summed E-state index contributed by atoms with van der Waals surface area (Å²) in [6, 6.07) is 15.2. The van der Waals surface area contributed by atoms with Gasteiger partial charge in [-0.15, -0.1) is 0 Å². The smallest absolute Gasteiger partial charge is 0.291 e. The molecular weight excluding hydrogens is 324 g/mol. The van der Waals surface area contributed by atoms with Gasteiger partial charge in [0.15, 0.2) is 0 Å². The molecule has 0 radical (unpaired) electrons. The van der Waals surface area contributed by atoms with Gasteiger partial charge >= 0.3 is 0 Å². The van der Waals surface area contributed by atoms with Crippen LogP contribution < -0.4 is 9.47 Å². The molecule has 0 bridgehead atoms. The van der Waals surface area contributed by atoms with Crippen LogP contribution in [-0.4, -0.2) is 44.1 Å². The molecule has 2 aromatic carbocycles. The van der Waals surface area contributed by atoms with Crippen LogP contribution in [0.15, 0.2) is 53.7 Å². The number of methoxy groups -OCH3 is 2. The molecule has 0 aliphatic heterocycles. The molecule has 24 heavy (non-hydrogen) atoms. The third-order valence-corrected chi connectivity index (χ3v) is 3.75. The highest BCUT2D eigenvalue weighted by atomic mass is 32.1. The Bertz CT molecular complexity index is 661. The number of hydrogen-bond donors (Lipinski definition) is 0. The lowest BCUT2D eigenvalue weighted by Crippen LogP contribution is -2.21. The molecule has 2 rings (SSSR count). The van der Waals surface area contributed by atoms with Gasteiger partial charge in [0.2, 0.25) is 0 Å². The van der Waals surface area contributed by atoms with Crippen LogP contribution in [-0.2, 0) is 4.84 Å². The fraction of sp³-hybridized carbons (Fsp3) is 0.222. The summed E-state index contributed by atoms with van der Waals surface area (Å²) in [4.78, 5) is 7.05. The van der Waals surface area contributed by atoms with Crippen molar-refractivity contribution in [1.82, 2.24) is 4.90 Å². The minimum absolute atomic E-state index is 0.287. The quantitative estimate of drug-likeness (QED) is 0.473. The van der Waals surface area contributed by atoms with Crippen molar-refractivity contribution in [2.24, 2.45) is 5.16 Å². The van der Waals surface area contributed by atoms with Crippen LogP contribution >= 0.6 is 12.2 Å². The van der Waals surface area contributed by atoms with Gasteiger partial charge in [0, 0.05) is 25.2 Å². The van der Waals surface area contributed by atoms with Gasteiger partial charge in [-0.3, -0.25) is 0 Å². The molecule has 0 unspecified atom stereocenters. The van der Waals surface area contributed by atoms with Gasteiger partial charge in [0.1, 0.15) is 17.2 Å². The summed E-state index contributed by atoms with van der Waals surface area (Å²) in [5.41, 5.74) is 2.45. The Balaban J connectivity index is 2.38. The van der Waals surface area contributed by atoms with Crippen molar-refractivity contribution in [2.45, 2.75) is 0 Å². The van der Waals surface area contributed by atoms with Crippen molar-refractivity contribution < 1.29 is 14.3 Å². The summed E-state index contributed by atoms with van der Waals surface area (Å²) in [6.07, 6.45) is 0. The van der Waals surface area contributed by atoms with Crippen LogP contribution in [0.3, 0.4) is 0 Å². The first-order chi connectivity index (χ1) is 11.5. The van der Waals surface area contributed by atoms with Gasteiger partial charge < -0.3 is 19.2 Å². The SMILES string of the molecule is COc1ccc(C(=NOC(=S)N(C)C)c2ccc(OC)cc2)cc1. The topological polar surface area (TPSA) is 43.3 Å². The number of ether oxygens (including phenoxy) is 2. The zero-order valence-electron chi connectivity index (χ0n) is 14.1. The molecule has 0 aromatic heterocycles. The molecule has 0 aliphatic carbocycles. The van der Waals surface area contributed by atoms with Gasteiger partial charge in [-0.2, -0.15) is 0 Å². The molecular formula is C18H20N2O3S. The molecule has 0 spiro atoms. The molecule has 0 saturated carbocycles. The van der Waals surface area contributed by atoms with Crippen molar-refractivity contribution >= 4 is 23.1 Å². The monoisotopic (exact) mass is 344 g/mol. The molecule has 6 heteroatoms. The molecule has 0 aliphatic rings. The van der Waals surface area contributed by atoms with Gasteiger partial charge in [0.25, 0.3) is 5.17 Å². The average molecular weight is 344 g/mol. The average Bonchev–Trinajstić information content (AvgIpc) is 2.62. The van der Waals surface area contributed by atoms with E-state index in [4.69, 9.17) is 26.5 Å². The molecule has 5 nitrogen and oxygen atoms in total. The van der Waals surface area contributed by atoms with E-state index >= 15 is 0 Å². The van der Waals surface area contributed by atoms with Crippen LogP contribution in [0.5, 0.6) is 11.5 Å². The second kappa shape index (κ2) is 8.31. The third kappa shape index (κ3) is 4.45. The van der Waals surface area contributed by atoms with E-state index in [1.807, 2.05) is 48.5 Å². The minimum Gasteiger partial charge on any atom is -0.497 e. The predicted molar refractivity (Wildman–Crippen MR) is 99.0 cm³/mol. The van der Waals surface area contributed by atoms with Crippen LogP contribution in [0.25, 0.3) is 0 Å². The maximum atomic E-state index is 5.37. The Morgan fingerprint density at radius 1 is 0.833 bits per heavy atom. The molecule has 126 valence electrons. The fourth-order valence-corrected chi connectivity index (χ4v) is 1.97. The summed E-state index contributed by atoms with van der Waals surface area (Å²) < 4.78 is 10.4. The molecule has 0 saturated heterocycles. The van der Waals surface area contributed by atoms with Crippen molar-refractivity contribution in [2.75, 3.05) is 28.3 Å². The Morgan fingerprint density at radius 2 is 1.25 bits per heavy atom. The first-order valence-corrected chi connectivity index (χ1v) is 7.71. The Hall–Kier alpha value is -2.60. The molecule has 0 atom stereocenters. The van der Waals surface area contributed by atoms with E-state index in [0.717, 1.165) is 22.6 Å². The molecule has 0 amide bonds. The third-order valence-electron chi connectivity index (χ3n) is 3.31. The minimum atomic E-state index is 0.287. The van der Waals surface area contributed by atoms with Gasteiger partial charge in [0.05, 0.1) is 14.2 Å². The summed E-state index contributed by atoms with van der Waals surface area (Å²) in [5, 5.41) is 4.54. The zero-order valence-corrected chi connectivity index (χ0v) is 15.0. The number of thiocarbonyl (C=S) groups is 1. The Morgan fingerprint density at radius 3 is 1.58 bits per heavy atom. The van der Waals surface area contributed by atoms with E-state index in [1.165, 1.54) is 0 Å². The number of nitrogens with zero attached hydrogens (tertiary/aromatic N) is 2. The Labute approximate surface area is 147 Å². The zero-order chi connectivity index (χ0) is 17.5. The highest BCUT2D eigenvalue weighted by Gasteiger charge is 2.10. The lowest BCUT2D eigenvalue weighted by molar-refractivity contribution is 0.287. The second-order valence-corrected chi connectivity index (χ2v) is 5.50. The van der Waals surface area contributed by atoms with Gasteiger partial charge in [-0.05, 0) is 60.7 Å². The van der Waals surface area contributed by atoms with E-state index in [1.54, 1.807) is 33.2 Å². The molecule has 0 N–H and O–H groups in total. The van der Waals surface area contributed by atoms with Crippen molar-refractivity contribution in [3.8, 4) is 11.5 Å². The standard InChI is InChI=1S/C18H20N2O3S/c1-20(2)18(24)23-19-17(13-5-9-15(21-3)10-6-13)14-7-11-16(22-4)12-8-14/h5-12H,1-4H3. The predicted octanol–water partition coefficient (Wildman–Crippen LogP) is 3.32. The molecule has 0 heterocycles. The van der Waals surface area contributed by atoms with Crippen LogP contribution in [0.2, 0.25) is 0 Å². The maximum Gasteiger partial charge on any atom is 0.291 e. The number of benzene rings is 2. The normalized spacial score (nSPS) is 9.83. The lowest BCUT2D eigenvalue weighted by Gasteiger charge is -2.12. The van der Waals surface area contributed by atoms with Gasteiger partial charge in [-0.1, -0.05) is 5.16 Å². The second-order valence-electron chi connectivity index (χ2n) is 5.15. The highest BCUT2D eigenvalue weighted by molar-refractivity contribution is 7.79. The van der Waals surface area contributed by atoms with Crippen LogP contribution in [0.1, 0.15) is 11.1 Å². The largest absolute Gasteiger partial charge is 0.497 e. The molecule has 2 aromatic rings. The van der Waals surface area contributed by atoms with Crippen LogP contribution in [0.4, 0.5) is 0 Å². The van der Waals surface area contributed by atoms with E-state index < -0.39 is 0 Å². The van der Waals surface area contributed by atoms with Crippen molar-refractivity contribution in [3.63, 3.8) is 0 Å². The summed E-state index contributed by atoms with van der Waals surface area (Å²) in [5.74, 6) is 1.55. The van der Waals surface area contributed by atoms with Crippen molar-refractivity contribution in [1.29, 1.82) is 0 Å². The number of oxime groups is 1. The Kier molecular flexibility index (Phi) is 6.14. The molecule has 0 fully saturated rings. The highest BCUT2D eigenvalue weighted by Crippen LogP contribution is 2.18. The maximum absolute atomic E-state index is 5.37. The lowest BCUT2D eigenvalue weighted by atomic mass is 10.0. The summed E-state index contributed by atoms with van der Waals surface area (Å²) in [7, 11) is 6.87. The summed E-state index contributed by atoms with van der Waals surface area (Å²) in [6.45, 7) is 0. The van der Waals surface area contributed by atoms with E-state index in [-0.39, 0.29) is 5.17 Å². The van der Waals surface area contributed by atoms with Crippen molar-refractivity contribution in [3.05, 3.63) is 59.7 Å². The first kappa shape index (κ1) is 17.7. The summed E-state index contributed by atoms with van der Waals surface area (Å²) >= 11 is 5.13. The number of rotatable bonds is 5. The van der Waals surface area contributed by atoms with Crippen LogP contribution in [0, 0.1) is 0 Å². The number of hydrogen-bond acceptors (Lipinski definition) is 5.